The molecule has 3 rings (SSSR count). The molecule has 0 aliphatic rings. The summed E-state index contributed by atoms with van der Waals surface area (Å²) in [5.41, 5.74) is 4.78. The zero-order valence-electron chi connectivity index (χ0n) is 13.9. The van der Waals surface area contributed by atoms with Crippen LogP contribution < -0.4 is 16.7 Å². The highest BCUT2D eigenvalue weighted by molar-refractivity contribution is 5.80. The van der Waals surface area contributed by atoms with Crippen LogP contribution >= 0.6 is 0 Å². The number of nitrogens with one attached hydrogen (secondary N) is 1. The van der Waals surface area contributed by atoms with Gasteiger partial charge in [-0.25, -0.2) is 10.2 Å². The van der Waals surface area contributed by atoms with Gasteiger partial charge in [0.25, 0.3) is 5.56 Å². The van der Waals surface area contributed by atoms with Crippen LogP contribution in [-0.4, -0.2) is 24.9 Å². The Kier molecular flexibility index (Phi) is 3.80. The number of rotatable bonds is 3. The Hall–Kier alpha value is -3.16. The number of fused-ring (bicyclic) bond motifs is 1. The highest BCUT2D eigenvalue weighted by Gasteiger charge is 2.16. The van der Waals surface area contributed by atoms with Gasteiger partial charge in [0.1, 0.15) is 0 Å². The van der Waals surface area contributed by atoms with Crippen LogP contribution in [0.2, 0.25) is 0 Å². The largest absolute Gasteiger partial charge is 0.332 e. The molecule has 1 N–H and O–H groups in total. The molecule has 0 fully saturated rings. The van der Waals surface area contributed by atoms with Crippen molar-refractivity contribution in [1.29, 1.82) is 0 Å². The predicted octanol–water partition coefficient (Wildman–Crippen LogP) is 0.725. The molecule has 124 valence electrons. The van der Waals surface area contributed by atoms with E-state index >= 15 is 0 Å². The quantitative estimate of drug-likeness (QED) is 0.568. The predicted molar refractivity (Wildman–Crippen MR) is 93.6 cm³/mol. The molecule has 0 bridgehead atoms. The summed E-state index contributed by atoms with van der Waals surface area (Å²) >= 11 is 0. The topological polar surface area (TPSA) is 86.2 Å². The van der Waals surface area contributed by atoms with Gasteiger partial charge >= 0.3 is 5.69 Å². The number of hydrazone groups is 1. The highest BCUT2D eigenvalue weighted by atomic mass is 16.2. The third-order valence-corrected chi connectivity index (χ3v) is 3.93. The molecule has 0 amide bonds. The van der Waals surface area contributed by atoms with Crippen LogP contribution in [-0.2, 0) is 21.1 Å². The summed E-state index contributed by atoms with van der Waals surface area (Å²) in [5, 5.41) is 4.15. The van der Waals surface area contributed by atoms with Crippen molar-refractivity contribution >= 4 is 23.3 Å². The second-order valence-electron chi connectivity index (χ2n) is 5.65. The zero-order chi connectivity index (χ0) is 17.4. The Balaban J connectivity index is 1.99. The smallest absolute Gasteiger partial charge is 0.306 e. The molecule has 24 heavy (non-hydrogen) atoms. The summed E-state index contributed by atoms with van der Waals surface area (Å²) in [4.78, 5) is 28.6. The van der Waals surface area contributed by atoms with Crippen LogP contribution in [0.1, 0.15) is 11.1 Å². The van der Waals surface area contributed by atoms with Gasteiger partial charge in [0, 0.05) is 21.1 Å². The Bertz CT molecular complexity index is 1050. The van der Waals surface area contributed by atoms with Crippen molar-refractivity contribution in [2.24, 2.45) is 26.2 Å². The van der Waals surface area contributed by atoms with Crippen LogP contribution in [0.25, 0.3) is 11.2 Å². The molecule has 3 aromatic rings. The fraction of sp³-hybridized carbons (Fsp3) is 0.250. The molecule has 0 radical (unpaired) electrons. The minimum Gasteiger partial charge on any atom is -0.306 e. The van der Waals surface area contributed by atoms with Gasteiger partial charge in [-0.05, 0) is 12.5 Å². The van der Waals surface area contributed by atoms with E-state index in [0.717, 1.165) is 10.1 Å². The van der Waals surface area contributed by atoms with Crippen LogP contribution in [0.4, 0.5) is 5.95 Å². The number of benzene rings is 1. The standard InChI is InChI=1S/C16H18N6O2/c1-10-5-7-11(8-6-10)9-17-19-15-18-13-12(20(15)2)14(23)22(4)16(24)21(13)3/h5-9H,1-4H3,(H,18,19)/b17-9+. The molecule has 0 atom stereocenters. The van der Waals surface area contributed by atoms with Crippen LogP contribution in [0.3, 0.4) is 0 Å². The van der Waals surface area contributed by atoms with Gasteiger partial charge < -0.3 is 4.57 Å². The second-order valence-corrected chi connectivity index (χ2v) is 5.65. The van der Waals surface area contributed by atoms with Crippen molar-refractivity contribution in [2.75, 3.05) is 5.43 Å². The number of hydrogen-bond donors (Lipinski definition) is 1. The minimum atomic E-state index is -0.416. The number of imidazole rings is 1. The monoisotopic (exact) mass is 326 g/mol. The lowest BCUT2D eigenvalue weighted by Gasteiger charge is -2.03. The van der Waals surface area contributed by atoms with Gasteiger partial charge in [0.05, 0.1) is 6.21 Å². The number of nitrogens with zero attached hydrogens (tertiary/aromatic N) is 5. The Morgan fingerprint density at radius 2 is 1.71 bits per heavy atom. The third-order valence-electron chi connectivity index (χ3n) is 3.93. The first-order valence-corrected chi connectivity index (χ1v) is 7.38. The maximum Gasteiger partial charge on any atom is 0.332 e. The number of aromatic nitrogens is 4. The maximum absolute atomic E-state index is 12.3. The number of anilines is 1. The van der Waals surface area contributed by atoms with Crippen LogP contribution in [0.15, 0.2) is 39.0 Å². The molecule has 0 spiro atoms. The molecule has 0 saturated carbocycles. The van der Waals surface area contributed by atoms with Crippen molar-refractivity contribution in [2.45, 2.75) is 6.92 Å². The third kappa shape index (κ3) is 2.51. The molecule has 8 nitrogen and oxygen atoms in total. The van der Waals surface area contributed by atoms with Gasteiger partial charge in [0.2, 0.25) is 5.95 Å². The number of hydrogen-bond acceptors (Lipinski definition) is 5. The van der Waals surface area contributed by atoms with Crippen molar-refractivity contribution in [1.82, 2.24) is 18.7 Å². The Morgan fingerprint density at radius 3 is 2.38 bits per heavy atom. The summed E-state index contributed by atoms with van der Waals surface area (Å²) in [6.45, 7) is 2.02. The molecule has 2 aromatic heterocycles. The lowest BCUT2D eigenvalue weighted by molar-refractivity contribution is 0.705. The fourth-order valence-electron chi connectivity index (χ4n) is 2.44. The molecular weight excluding hydrogens is 308 g/mol. The van der Waals surface area contributed by atoms with Gasteiger partial charge in [-0.3, -0.25) is 13.9 Å². The summed E-state index contributed by atoms with van der Waals surface area (Å²) in [7, 11) is 4.72. The minimum absolute atomic E-state index is 0.318. The summed E-state index contributed by atoms with van der Waals surface area (Å²) in [6, 6.07) is 7.90. The molecule has 0 unspecified atom stereocenters. The number of aryl methyl sites for hydroxylation is 3. The molecule has 1 aromatic carbocycles. The van der Waals surface area contributed by atoms with E-state index in [9.17, 15) is 9.59 Å². The first-order chi connectivity index (χ1) is 11.4. The molecule has 8 heteroatoms. The van der Waals surface area contributed by atoms with Crippen molar-refractivity contribution in [3.05, 3.63) is 56.2 Å². The van der Waals surface area contributed by atoms with Gasteiger partial charge in [-0.2, -0.15) is 10.1 Å². The Morgan fingerprint density at radius 1 is 1.04 bits per heavy atom. The van der Waals surface area contributed by atoms with E-state index in [4.69, 9.17) is 0 Å². The lowest BCUT2D eigenvalue weighted by atomic mass is 10.2. The molecule has 0 aliphatic carbocycles. The first-order valence-electron chi connectivity index (χ1n) is 7.38. The average Bonchev–Trinajstić information content (AvgIpc) is 2.90. The van der Waals surface area contributed by atoms with Crippen molar-refractivity contribution in [3.63, 3.8) is 0 Å². The molecule has 2 heterocycles. The van der Waals surface area contributed by atoms with E-state index in [-0.39, 0.29) is 0 Å². The van der Waals surface area contributed by atoms with E-state index in [2.05, 4.69) is 15.5 Å². The Labute approximate surface area is 137 Å². The van der Waals surface area contributed by atoms with Crippen LogP contribution in [0.5, 0.6) is 0 Å². The first kappa shape index (κ1) is 15.7. The normalized spacial score (nSPS) is 11.5. The van der Waals surface area contributed by atoms with Crippen molar-refractivity contribution in [3.8, 4) is 0 Å². The SMILES string of the molecule is Cc1ccc(/C=N/Nc2nc3c(c(=O)n(C)c(=O)n3C)n2C)cc1. The van der Waals surface area contributed by atoms with E-state index in [0.29, 0.717) is 17.1 Å². The van der Waals surface area contributed by atoms with Gasteiger partial charge in [-0.1, -0.05) is 29.8 Å². The summed E-state index contributed by atoms with van der Waals surface area (Å²) in [5.74, 6) is 0.381. The highest BCUT2D eigenvalue weighted by Crippen LogP contribution is 2.13. The van der Waals surface area contributed by atoms with Gasteiger partial charge in [-0.15, -0.1) is 0 Å². The average molecular weight is 326 g/mol. The zero-order valence-corrected chi connectivity index (χ0v) is 13.9. The summed E-state index contributed by atoms with van der Waals surface area (Å²) in [6.07, 6.45) is 1.66. The van der Waals surface area contributed by atoms with E-state index in [1.165, 1.54) is 17.2 Å². The molecule has 0 aliphatic heterocycles. The van der Waals surface area contributed by atoms with E-state index < -0.39 is 11.2 Å². The van der Waals surface area contributed by atoms with E-state index in [1.807, 2.05) is 31.2 Å². The summed E-state index contributed by atoms with van der Waals surface area (Å²) < 4.78 is 3.98. The second kappa shape index (κ2) is 5.80. The molecule has 0 saturated heterocycles. The van der Waals surface area contributed by atoms with Crippen molar-refractivity contribution < 1.29 is 0 Å². The lowest BCUT2D eigenvalue weighted by Crippen LogP contribution is -2.37. The van der Waals surface area contributed by atoms with E-state index in [1.54, 1.807) is 24.9 Å². The van der Waals surface area contributed by atoms with Gasteiger partial charge in [0.15, 0.2) is 11.2 Å². The fourth-order valence-corrected chi connectivity index (χ4v) is 2.44. The van der Waals surface area contributed by atoms with Crippen LogP contribution in [0, 0.1) is 6.92 Å². The maximum atomic E-state index is 12.3. The molecular formula is C16H18N6O2.